The van der Waals surface area contributed by atoms with Crippen molar-refractivity contribution in [3.8, 4) is 17.1 Å². The first-order chi connectivity index (χ1) is 9.42. The Kier molecular flexibility index (Phi) is 3.85. The number of hydrogen-bond acceptors (Lipinski definition) is 5. The number of aromatic nitrogens is 2. The molecule has 0 saturated carbocycles. The molecule has 2 aromatic rings. The highest BCUT2D eigenvalue weighted by atomic mass is 19.1. The summed E-state index contributed by atoms with van der Waals surface area (Å²) in [5.41, 5.74) is 4.63. The Morgan fingerprint density at radius 1 is 1.25 bits per heavy atom. The number of nitrogen functional groups attached to an aromatic ring is 1. The molecule has 0 atom stereocenters. The van der Waals surface area contributed by atoms with Crippen molar-refractivity contribution in [1.82, 2.24) is 9.97 Å². The second kappa shape index (κ2) is 5.42. The number of aryl methyl sites for hydroxylation is 1. The summed E-state index contributed by atoms with van der Waals surface area (Å²) >= 11 is 0. The number of phenols is 1. The van der Waals surface area contributed by atoms with E-state index in [1.165, 1.54) is 12.1 Å². The molecular weight excluding hydrogens is 259 g/mol. The maximum atomic E-state index is 13.3. The van der Waals surface area contributed by atoms with Gasteiger partial charge in [0.2, 0.25) is 0 Å². The quantitative estimate of drug-likeness (QED) is 0.593. The molecule has 0 bridgehead atoms. The lowest BCUT2D eigenvalue weighted by Crippen LogP contribution is -2.14. The molecular formula is C14H17FN4O. The van der Waals surface area contributed by atoms with Gasteiger partial charge in [0.1, 0.15) is 17.4 Å². The van der Waals surface area contributed by atoms with Gasteiger partial charge in [-0.2, -0.15) is 0 Å². The lowest BCUT2D eigenvalue weighted by Gasteiger charge is -2.15. The van der Waals surface area contributed by atoms with E-state index in [1.54, 1.807) is 0 Å². The molecule has 0 spiro atoms. The number of phenolic OH excluding ortho intramolecular Hbond substituents is 1. The monoisotopic (exact) mass is 276 g/mol. The minimum Gasteiger partial charge on any atom is -0.508 e. The van der Waals surface area contributed by atoms with Gasteiger partial charge < -0.3 is 10.5 Å². The van der Waals surface area contributed by atoms with Gasteiger partial charge in [-0.25, -0.2) is 20.2 Å². The van der Waals surface area contributed by atoms with Crippen molar-refractivity contribution in [2.45, 2.75) is 26.7 Å². The molecule has 2 rings (SSSR count). The molecule has 0 aliphatic rings. The SMILES string of the molecule is Cc1nc(-c2cc(O)cc(F)c2)nc(NN)c1C(C)C. The van der Waals surface area contributed by atoms with Crippen LogP contribution < -0.4 is 11.3 Å². The maximum Gasteiger partial charge on any atom is 0.162 e. The Hall–Kier alpha value is -2.21. The van der Waals surface area contributed by atoms with Gasteiger partial charge in [0.25, 0.3) is 0 Å². The van der Waals surface area contributed by atoms with E-state index in [0.29, 0.717) is 17.2 Å². The Morgan fingerprint density at radius 3 is 2.50 bits per heavy atom. The Labute approximate surface area is 116 Å². The van der Waals surface area contributed by atoms with Crippen LogP contribution in [0.3, 0.4) is 0 Å². The highest BCUT2D eigenvalue weighted by molar-refractivity contribution is 5.61. The molecule has 4 N–H and O–H groups in total. The number of nitrogens with two attached hydrogens (primary N) is 1. The van der Waals surface area contributed by atoms with Gasteiger partial charge in [0.05, 0.1) is 0 Å². The van der Waals surface area contributed by atoms with Crippen LogP contribution in [0.2, 0.25) is 0 Å². The van der Waals surface area contributed by atoms with Crippen molar-refractivity contribution >= 4 is 5.82 Å². The molecule has 1 aromatic heterocycles. The summed E-state index contributed by atoms with van der Waals surface area (Å²) < 4.78 is 13.3. The fourth-order valence-corrected chi connectivity index (χ4v) is 2.22. The molecule has 0 saturated heterocycles. The van der Waals surface area contributed by atoms with Gasteiger partial charge in [0, 0.05) is 22.9 Å². The van der Waals surface area contributed by atoms with Gasteiger partial charge >= 0.3 is 0 Å². The van der Waals surface area contributed by atoms with Crippen molar-refractivity contribution in [3.63, 3.8) is 0 Å². The van der Waals surface area contributed by atoms with Gasteiger partial charge in [-0.15, -0.1) is 0 Å². The summed E-state index contributed by atoms with van der Waals surface area (Å²) in [6, 6.07) is 3.71. The van der Waals surface area contributed by atoms with Crippen LogP contribution in [0.15, 0.2) is 18.2 Å². The van der Waals surface area contributed by atoms with Crippen molar-refractivity contribution < 1.29 is 9.50 Å². The van der Waals surface area contributed by atoms with Crippen molar-refractivity contribution in [3.05, 3.63) is 35.3 Å². The van der Waals surface area contributed by atoms with Gasteiger partial charge in [-0.1, -0.05) is 13.8 Å². The summed E-state index contributed by atoms with van der Waals surface area (Å²) in [4.78, 5) is 8.67. The zero-order chi connectivity index (χ0) is 14.9. The minimum absolute atomic E-state index is 0.170. The largest absolute Gasteiger partial charge is 0.508 e. The van der Waals surface area contributed by atoms with E-state index in [-0.39, 0.29) is 11.7 Å². The highest BCUT2D eigenvalue weighted by Crippen LogP contribution is 2.29. The van der Waals surface area contributed by atoms with Gasteiger partial charge in [-0.05, 0) is 25.0 Å². The number of anilines is 1. The van der Waals surface area contributed by atoms with E-state index >= 15 is 0 Å². The number of nitrogens with zero attached hydrogens (tertiary/aromatic N) is 2. The number of rotatable bonds is 3. The molecule has 1 heterocycles. The molecule has 0 aliphatic carbocycles. The van der Waals surface area contributed by atoms with E-state index in [0.717, 1.165) is 17.3 Å². The third-order valence-electron chi connectivity index (χ3n) is 2.99. The predicted octanol–water partition coefficient (Wildman–Crippen LogP) is 2.71. The number of hydrazine groups is 1. The first-order valence-corrected chi connectivity index (χ1v) is 6.27. The summed E-state index contributed by atoms with van der Waals surface area (Å²) in [6.07, 6.45) is 0. The molecule has 0 aliphatic heterocycles. The Balaban J connectivity index is 2.61. The average molecular weight is 276 g/mol. The fourth-order valence-electron chi connectivity index (χ4n) is 2.22. The topological polar surface area (TPSA) is 84.1 Å². The second-order valence-corrected chi connectivity index (χ2v) is 4.89. The summed E-state index contributed by atoms with van der Waals surface area (Å²) in [5.74, 6) is 5.81. The number of benzene rings is 1. The molecule has 0 unspecified atom stereocenters. The first kappa shape index (κ1) is 14.2. The number of hydrogen-bond donors (Lipinski definition) is 3. The number of nitrogens with one attached hydrogen (secondary N) is 1. The van der Waals surface area contributed by atoms with Crippen molar-refractivity contribution in [2.75, 3.05) is 5.43 Å². The zero-order valence-electron chi connectivity index (χ0n) is 11.6. The normalized spacial score (nSPS) is 10.9. The van der Waals surface area contributed by atoms with Crippen LogP contribution in [0.1, 0.15) is 31.0 Å². The third-order valence-corrected chi connectivity index (χ3v) is 2.99. The zero-order valence-corrected chi connectivity index (χ0v) is 11.6. The summed E-state index contributed by atoms with van der Waals surface area (Å²) in [7, 11) is 0. The highest BCUT2D eigenvalue weighted by Gasteiger charge is 2.15. The van der Waals surface area contributed by atoms with E-state index in [9.17, 15) is 9.50 Å². The molecule has 1 aromatic carbocycles. The van der Waals surface area contributed by atoms with Crippen molar-refractivity contribution in [2.24, 2.45) is 5.84 Å². The van der Waals surface area contributed by atoms with E-state index in [2.05, 4.69) is 15.4 Å². The summed E-state index contributed by atoms with van der Waals surface area (Å²) in [5, 5.41) is 9.46. The van der Waals surface area contributed by atoms with E-state index in [4.69, 9.17) is 5.84 Å². The molecule has 6 heteroatoms. The van der Waals surface area contributed by atoms with Gasteiger partial charge in [-0.3, -0.25) is 0 Å². The van der Waals surface area contributed by atoms with Crippen LogP contribution >= 0.6 is 0 Å². The van der Waals surface area contributed by atoms with Gasteiger partial charge in [0.15, 0.2) is 5.82 Å². The second-order valence-electron chi connectivity index (χ2n) is 4.89. The Bertz CT molecular complexity index is 623. The smallest absolute Gasteiger partial charge is 0.162 e. The van der Waals surface area contributed by atoms with Crippen LogP contribution in [0.25, 0.3) is 11.4 Å². The van der Waals surface area contributed by atoms with Crippen LogP contribution in [0.5, 0.6) is 5.75 Å². The predicted molar refractivity (Wildman–Crippen MR) is 75.7 cm³/mol. The third kappa shape index (κ3) is 2.70. The van der Waals surface area contributed by atoms with E-state index in [1.807, 2.05) is 20.8 Å². The molecule has 5 nitrogen and oxygen atoms in total. The van der Waals surface area contributed by atoms with Crippen LogP contribution in [0.4, 0.5) is 10.2 Å². The molecule has 106 valence electrons. The number of aromatic hydroxyl groups is 1. The van der Waals surface area contributed by atoms with Crippen LogP contribution in [0, 0.1) is 12.7 Å². The molecule has 0 fully saturated rings. The molecule has 20 heavy (non-hydrogen) atoms. The maximum absolute atomic E-state index is 13.3. The van der Waals surface area contributed by atoms with Crippen LogP contribution in [-0.4, -0.2) is 15.1 Å². The Morgan fingerprint density at radius 2 is 1.95 bits per heavy atom. The first-order valence-electron chi connectivity index (χ1n) is 6.27. The molecule has 0 radical (unpaired) electrons. The average Bonchev–Trinajstić information content (AvgIpc) is 2.35. The lowest BCUT2D eigenvalue weighted by atomic mass is 10.0. The molecule has 0 amide bonds. The number of halogens is 1. The fraction of sp³-hybridized carbons (Fsp3) is 0.286. The van der Waals surface area contributed by atoms with Crippen LogP contribution in [-0.2, 0) is 0 Å². The lowest BCUT2D eigenvalue weighted by molar-refractivity contribution is 0.469. The summed E-state index contributed by atoms with van der Waals surface area (Å²) in [6.45, 7) is 5.88. The minimum atomic E-state index is -0.545. The standard InChI is InChI=1S/C14H17FN4O/c1-7(2)12-8(3)17-13(18-14(12)19-16)9-4-10(15)6-11(20)5-9/h4-7,20H,16H2,1-3H3,(H,17,18,19). The van der Waals surface area contributed by atoms with Crippen molar-refractivity contribution in [1.29, 1.82) is 0 Å². The van der Waals surface area contributed by atoms with E-state index < -0.39 is 5.82 Å².